The zero-order valence-corrected chi connectivity index (χ0v) is 17.4. The van der Waals surface area contributed by atoms with E-state index < -0.39 is 0 Å². The number of hydrogen-bond acceptors (Lipinski definition) is 7. The van der Waals surface area contributed by atoms with Gasteiger partial charge in [-0.2, -0.15) is 0 Å². The van der Waals surface area contributed by atoms with Gasteiger partial charge >= 0.3 is 0 Å². The summed E-state index contributed by atoms with van der Waals surface area (Å²) in [7, 11) is 1.53. The molecular formula is C19H22N2O5S2. The van der Waals surface area contributed by atoms with Gasteiger partial charge in [0.1, 0.15) is 4.32 Å². The van der Waals surface area contributed by atoms with Crippen molar-refractivity contribution in [1.29, 1.82) is 0 Å². The zero-order valence-electron chi connectivity index (χ0n) is 15.8. The van der Waals surface area contributed by atoms with E-state index in [1.807, 2.05) is 13.0 Å². The molecule has 2 heterocycles. The lowest BCUT2D eigenvalue weighted by Crippen LogP contribution is -2.43. The van der Waals surface area contributed by atoms with Gasteiger partial charge in [0, 0.05) is 19.6 Å². The number of benzene rings is 1. The normalized spacial score (nSPS) is 18.7. The van der Waals surface area contributed by atoms with Gasteiger partial charge in [0.05, 0.1) is 25.2 Å². The largest absolute Gasteiger partial charge is 0.493 e. The Morgan fingerprint density at radius 1 is 1.32 bits per heavy atom. The number of hydrogen-bond donors (Lipinski definition) is 0. The maximum absolute atomic E-state index is 12.3. The first-order valence-corrected chi connectivity index (χ1v) is 10.2. The maximum atomic E-state index is 12.3. The summed E-state index contributed by atoms with van der Waals surface area (Å²) >= 11 is 6.52. The highest BCUT2D eigenvalue weighted by atomic mass is 32.2. The number of ether oxygens (including phenoxy) is 3. The topological polar surface area (TPSA) is 68.3 Å². The molecule has 0 unspecified atom stereocenters. The number of carbonyl (C=O) groups excluding carboxylic acids is 2. The predicted octanol–water partition coefficient (Wildman–Crippen LogP) is 2.15. The molecule has 0 radical (unpaired) electrons. The number of morpholine rings is 1. The summed E-state index contributed by atoms with van der Waals surface area (Å²) in [4.78, 5) is 28.4. The van der Waals surface area contributed by atoms with Crippen LogP contribution >= 0.6 is 24.0 Å². The summed E-state index contributed by atoms with van der Waals surface area (Å²) in [6, 6.07) is 5.32. The van der Waals surface area contributed by atoms with E-state index >= 15 is 0 Å². The first-order valence-electron chi connectivity index (χ1n) is 8.95. The fourth-order valence-corrected chi connectivity index (χ4v) is 4.24. The lowest BCUT2D eigenvalue weighted by Gasteiger charge is -2.26. The van der Waals surface area contributed by atoms with Crippen molar-refractivity contribution in [3.63, 3.8) is 0 Å². The van der Waals surface area contributed by atoms with E-state index in [9.17, 15) is 9.59 Å². The minimum absolute atomic E-state index is 0.0646. The highest BCUT2D eigenvalue weighted by Gasteiger charge is 2.30. The summed E-state index contributed by atoms with van der Waals surface area (Å²) < 4.78 is 16.9. The molecule has 2 fully saturated rings. The zero-order chi connectivity index (χ0) is 20.1. The van der Waals surface area contributed by atoms with Gasteiger partial charge < -0.3 is 19.1 Å². The molecule has 28 heavy (non-hydrogen) atoms. The van der Waals surface area contributed by atoms with Gasteiger partial charge in [0.2, 0.25) is 0 Å². The number of likely N-dealkylation sites (N-methyl/N-ethyl adjacent to an activating group) is 1. The summed E-state index contributed by atoms with van der Waals surface area (Å²) in [5.41, 5.74) is 0.792. The molecule has 0 saturated carbocycles. The number of methoxy groups -OCH3 is 1. The second-order valence-electron chi connectivity index (χ2n) is 6.12. The van der Waals surface area contributed by atoms with E-state index in [0.717, 1.165) is 5.56 Å². The Labute approximate surface area is 173 Å². The SMILES string of the molecule is CCN1C(=O)/C(=C\c2ccc(OCC(=O)N3CCOCC3)c(OC)c2)SC1=S. The lowest BCUT2D eigenvalue weighted by atomic mass is 10.2. The van der Waals surface area contributed by atoms with Gasteiger partial charge in [0.15, 0.2) is 18.1 Å². The quantitative estimate of drug-likeness (QED) is 0.514. The molecule has 1 aromatic rings. The van der Waals surface area contributed by atoms with E-state index in [1.54, 1.807) is 28.0 Å². The van der Waals surface area contributed by atoms with Crippen molar-refractivity contribution in [2.45, 2.75) is 6.92 Å². The van der Waals surface area contributed by atoms with Crippen LogP contribution in [-0.4, -0.2) is 72.5 Å². The van der Waals surface area contributed by atoms with Crippen LogP contribution in [0.1, 0.15) is 12.5 Å². The predicted molar refractivity (Wildman–Crippen MR) is 111 cm³/mol. The highest BCUT2D eigenvalue weighted by Crippen LogP contribution is 2.34. The van der Waals surface area contributed by atoms with Gasteiger partial charge in [-0.15, -0.1) is 0 Å². The molecule has 2 aliphatic rings. The average Bonchev–Trinajstić information content (AvgIpc) is 2.99. The Kier molecular flexibility index (Phi) is 6.93. The van der Waals surface area contributed by atoms with Gasteiger partial charge in [-0.3, -0.25) is 14.5 Å². The van der Waals surface area contributed by atoms with Crippen LogP contribution in [0.4, 0.5) is 0 Å². The lowest BCUT2D eigenvalue weighted by molar-refractivity contribution is -0.137. The number of thioether (sulfide) groups is 1. The van der Waals surface area contributed by atoms with E-state index in [1.165, 1.54) is 18.9 Å². The second kappa shape index (κ2) is 9.40. The van der Waals surface area contributed by atoms with Crippen LogP contribution in [0.3, 0.4) is 0 Å². The molecule has 150 valence electrons. The van der Waals surface area contributed by atoms with Crippen LogP contribution in [0.2, 0.25) is 0 Å². The Balaban J connectivity index is 1.68. The van der Waals surface area contributed by atoms with Crippen molar-refractivity contribution in [1.82, 2.24) is 9.80 Å². The van der Waals surface area contributed by atoms with Crippen molar-refractivity contribution in [2.75, 3.05) is 46.6 Å². The van der Waals surface area contributed by atoms with Gasteiger partial charge in [0.25, 0.3) is 11.8 Å². The van der Waals surface area contributed by atoms with Crippen molar-refractivity contribution in [2.24, 2.45) is 0 Å². The molecule has 0 aromatic heterocycles. The minimum atomic E-state index is -0.0899. The molecule has 2 saturated heterocycles. The standard InChI is InChI=1S/C19H22N2O5S2/c1-3-21-18(23)16(28-19(21)27)11-13-4-5-14(15(10-13)24-2)26-12-17(22)20-6-8-25-9-7-20/h4-5,10-11H,3,6-9,12H2,1-2H3/b16-11+. The van der Waals surface area contributed by atoms with E-state index in [0.29, 0.717) is 53.6 Å². The minimum Gasteiger partial charge on any atom is -0.493 e. The molecule has 9 heteroatoms. The van der Waals surface area contributed by atoms with Gasteiger partial charge in [-0.25, -0.2) is 0 Å². The Hall–Kier alpha value is -2.10. The Morgan fingerprint density at radius 3 is 2.71 bits per heavy atom. The second-order valence-corrected chi connectivity index (χ2v) is 7.79. The van der Waals surface area contributed by atoms with Crippen LogP contribution < -0.4 is 9.47 Å². The number of nitrogens with zero attached hydrogens (tertiary/aromatic N) is 2. The van der Waals surface area contributed by atoms with Gasteiger partial charge in [-0.1, -0.05) is 30.0 Å². The number of rotatable bonds is 6. The Morgan fingerprint density at radius 2 is 2.07 bits per heavy atom. The van der Waals surface area contributed by atoms with Gasteiger partial charge in [-0.05, 0) is 30.7 Å². The number of carbonyl (C=O) groups is 2. The molecule has 7 nitrogen and oxygen atoms in total. The summed E-state index contributed by atoms with van der Waals surface area (Å²) in [5.74, 6) is 0.794. The molecule has 2 aliphatic heterocycles. The first kappa shape index (κ1) is 20.6. The third-order valence-corrected chi connectivity index (χ3v) is 5.77. The summed E-state index contributed by atoms with van der Waals surface area (Å²) in [6.45, 7) is 4.63. The number of amides is 2. The smallest absolute Gasteiger partial charge is 0.266 e. The van der Waals surface area contributed by atoms with E-state index in [-0.39, 0.29) is 18.4 Å². The van der Waals surface area contributed by atoms with E-state index in [4.69, 9.17) is 26.4 Å². The molecule has 0 bridgehead atoms. The average molecular weight is 423 g/mol. The fourth-order valence-electron chi connectivity index (χ4n) is 2.86. The molecule has 3 rings (SSSR count). The molecule has 0 aliphatic carbocycles. The molecule has 0 N–H and O–H groups in total. The number of thiocarbonyl (C=S) groups is 1. The van der Waals surface area contributed by atoms with Crippen LogP contribution in [-0.2, 0) is 14.3 Å². The Bertz CT molecular complexity index is 806. The third kappa shape index (κ3) is 4.65. The van der Waals surface area contributed by atoms with Crippen LogP contribution in [0.15, 0.2) is 23.1 Å². The molecule has 0 spiro atoms. The summed E-state index contributed by atoms with van der Waals surface area (Å²) in [6.07, 6.45) is 1.78. The van der Waals surface area contributed by atoms with Crippen molar-refractivity contribution in [3.8, 4) is 11.5 Å². The molecule has 1 aromatic carbocycles. The van der Waals surface area contributed by atoms with Crippen molar-refractivity contribution < 1.29 is 23.8 Å². The first-order chi connectivity index (χ1) is 13.5. The van der Waals surface area contributed by atoms with Crippen LogP contribution in [0.25, 0.3) is 6.08 Å². The molecule has 0 atom stereocenters. The molecule has 2 amide bonds. The molecular weight excluding hydrogens is 400 g/mol. The fraction of sp³-hybridized carbons (Fsp3) is 0.421. The van der Waals surface area contributed by atoms with Crippen molar-refractivity contribution in [3.05, 3.63) is 28.7 Å². The summed E-state index contributed by atoms with van der Waals surface area (Å²) in [5, 5.41) is 0. The maximum Gasteiger partial charge on any atom is 0.266 e. The monoisotopic (exact) mass is 422 g/mol. The third-order valence-electron chi connectivity index (χ3n) is 4.39. The van der Waals surface area contributed by atoms with Crippen LogP contribution in [0.5, 0.6) is 11.5 Å². The van der Waals surface area contributed by atoms with E-state index in [2.05, 4.69) is 0 Å². The highest BCUT2D eigenvalue weighted by molar-refractivity contribution is 8.26. The van der Waals surface area contributed by atoms with Crippen molar-refractivity contribution >= 4 is 46.2 Å². The van der Waals surface area contributed by atoms with Crippen LogP contribution in [0, 0.1) is 0 Å².